The molecule has 1 aliphatic rings. The van der Waals surface area contributed by atoms with Gasteiger partial charge in [-0.3, -0.25) is 19.1 Å². The van der Waals surface area contributed by atoms with E-state index in [-0.39, 0.29) is 76.3 Å². The Morgan fingerprint density at radius 3 is 1.14 bits per heavy atom. The van der Waals surface area contributed by atoms with Gasteiger partial charge in [0.25, 0.3) is 0 Å². The molecule has 0 unspecified atom stereocenters. The molecule has 2 N–H and O–H groups in total. The molecular formula is C122H133BBrN6O4Pt-. The van der Waals surface area contributed by atoms with Crippen molar-refractivity contribution in [2.75, 3.05) is 0 Å². The van der Waals surface area contributed by atoms with Crippen LogP contribution < -0.4 is 5.46 Å². The fourth-order valence-electron chi connectivity index (χ4n) is 16.9. The van der Waals surface area contributed by atoms with Crippen molar-refractivity contribution in [3.05, 3.63) is 340 Å². The van der Waals surface area contributed by atoms with E-state index in [1.54, 1.807) is 36.7 Å². The first kappa shape index (κ1) is 77.8. The first-order valence-corrected chi connectivity index (χ1v) is 46.5. The molecule has 0 aliphatic carbocycles. The van der Waals surface area contributed by atoms with Gasteiger partial charge in [0.2, 0.25) is 0 Å². The molecule has 4 aromatic heterocycles. The number of phenols is 2. The van der Waals surface area contributed by atoms with E-state index < -0.39 is 81.2 Å². The van der Waals surface area contributed by atoms with E-state index in [1.807, 2.05) is 154 Å². The maximum Gasteiger partial charge on any atom is 0.494 e. The summed E-state index contributed by atoms with van der Waals surface area (Å²) in [6.07, 6.45) is 3.18. The number of fused-ring (bicyclic) bond motifs is 2. The van der Waals surface area contributed by atoms with Crippen molar-refractivity contribution < 1.29 is 65.3 Å². The van der Waals surface area contributed by atoms with Crippen LogP contribution in [0.5, 0.6) is 11.5 Å². The fourth-order valence-corrected chi connectivity index (χ4v) is 17.4. The molecule has 17 rings (SSSR count). The molecule has 10 nitrogen and oxygen atoms in total. The molecule has 0 bridgehead atoms. The third kappa shape index (κ3) is 21.3. The van der Waals surface area contributed by atoms with Crippen LogP contribution in [0.1, 0.15) is 263 Å². The van der Waals surface area contributed by atoms with Crippen LogP contribution >= 0.6 is 15.9 Å². The molecule has 1 saturated heterocycles. The minimum atomic E-state index is -3.55. The summed E-state index contributed by atoms with van der Waals surface area (Å²) in [5, 5.41) is 24.5. The molecule has 13 heteroatoms. The second kappa shape index (κ2) is 37.6. The number of aromatic hydroxyl groups is 2. The van der Waals surface area contributed by atoms with E-state index in [1.165, 1.54) is 35.4 Å². The third-order valence-corrected chi connectivity index (χ3v) is 26.2. The SMILES string of the molecule is CC(C)(C)c1ccc(-n2c(-c3cc(C(C)(C)C)cc(C(C)(C)C)c3O)nc3c(Br)cccc32)c(-c2ccccc2)c1.[2H]C([2H])([2H])C(c1cc(-c2cc(-c3ccccc3)ccn2)[c-]c(-c2cccc3c2nc(-c2cc(C(C)(C)C)cc(C(C)(C)C)c2O)n3-c2ccc(C(C)(C)C)cc2-c2ccccc2)c1)(C([2H])([2H])[2H])C([2H])([2H])[2H].[2H]C([2H])([2H])C(c1cc(B2OC(C)(C)C(C)(C)O2)cc(-c2cc(-c3ccccc3)ccn2)c1)(C([2H])([2H])[2H])C([2H])([2H])[2H].[Pt]. The molecule has 0 atom stereocenters. The van der Waals surface area contributed by atoms with Gasteiger partial charge in [0.15, 0.2) is 0 Å². The number of imidazole rings is 2. The topological polar surface area (TPSA) is 120 Å². The summed E-state index contributed by atoms with van der Waals surface area (Å²) in [5.74, 6) is 1.49. The van der Waals surface area contributed by atoms with Crippen LogP contribution in [0.25, 0.3) is 134 Å². The Hall–Kier alpha value is -11.4. The number of hydrogen-bond acceptors (Lipinski definition) is 8. The van der Waals surface area contributed by atoms with E-state index in [0.29, 0.717) is 50.4 Å². The minimum Gasteiger partial charge on any atom is -0.507 e. The maximum absolute atomic E-state index is 12.6. The molecule has 135 heavy (non-hydrogen) atoms. The summed E-state index contributed by atoms with van der Waals surface area (Å²) in [6.45, 7) is 25.3. The Morgan fingerprint density at radius 1 is 0.333 bits per heavy atom. The first-order valence-electron chi connectivity index (χ1n) is 54.7. The molecule has 5 heterocycles. The quantitative estimate of drug-likeness (QED) is 0.0917. The Labute approximate surface area is 851 Å². The average molecular weight is 2050 g/mol. The van der Waals surface area contributed by atoms with Crippen LogP contribution in [0.4, 0.5) is 0 Å². The van der Waals surface area contributed by atoms with E-state index in [2.05, 4.69) is 264 Å². The zero-order valence-electron chi connectivity index (χ0n) is 99.3. The van der Waals surface area contributed by atoms with E-state index in [0.717, 1.165) is 105 Å². The Bertz CT molecular complexity index is 7720. The molecule has 0 amide bonds. The standard InChI is InChI=1S/C58H60N3O.C37H41BrN2O.C27H32BNO2.Pt/c1-55(2,3)42-26-27-50(46(34-42)38-22-17-14-18-23-38)61-51-25-19-24-45(52(51)60-54(61)47-35-44(57(7,8)9)36-48(53(47)62)58(10,11)12)40-30-41(32-43(31-40)56(4,5)6)49-33-39(28-29-59-49)37-20-15-13-16-21-37;1-35(2,3)24-18-19-30(26(20-24)23-14-11-10-12-15-23)40-31-17-13-16-29(38)32(31)39-34(40)27-21-25(36(4,5)6)22-28(33(27)41)37(7,8)9;1-25(2,3)22-15-21(16-23(18-22)28-30-26(4,5)27(6,7)31-28)24-17-20(13-14-29-24)19-11-9-8-10-12-19;/h13-29,31-36,62H,1-12H3;10-22,41H,1-9H3;8-18H,1-7H3;/q-1;;;/i4D3,5D3,6D3;;1D3,2D3,3D3;. The summed E-state index contributed by atoms with van der Waals surface area (Å²) in [6, 6.07) is 90.4. The van der Waals surface area contributed by atoms with E-state index in [9.17, 15) is 10.2 Å². The summed E-state index contributed by atoms with van der Waals surface area (Å²) >= 11 is 3.76. The molecular weight excluding hydrogens is 1900 g/mol. The zero-order chi connectivity index (χ0) is 112. The van der Waals surface area contributed by atoms with Gasteiger partial charge in [-0.1, -0.05) is 359 Å². The number of para-hydroxylation sites is 2. The minimum absolute atomic E-state index is 0. The fraction of sp³-hybridized carbons (Fsp3) is 0.311. The molecule has 16 aromatic rings. The predicted molar refractivity (Wildman–Crippen MR) is 568 cm³/mol. The van der Waals surface area contributed by atoms with Crippen molar-refractivity contribution in [2.24, 2.45) is 0 Å². The maximum atomic E-state index is 12.6. The number of nitrogens with zero attached hydrogens (tertiary/aromatic N) is 6. The summed E-state index contributed by atoms with van der Waals surface area (Å²) in [7, 11) is -1.01. The largest absolute Gasteiger partial charge is 0.507 e. The van der Waals surface area contributed by atoms with Crippen molar-refractivity contribution >= 4 is 50.6 Å². The van der Waals surface area contributed by atoms with Gasteiger partial charge in [0, 0.05) is 96.1 Å². The second-order valence-corrected chi connectivity index (χ2v) is 43.4. The van der Waals surface area contributed by atoms with Gasteiger partial charge in [0.05, 0.1) is 55.9 Å². The Kier molecular flexibility index (Phi) is 21.7. The van der Waals surface area contributed by atoms with Gasteiger partial charge in [-0.2, -0.15) is 0 Å². The third-order valence-electron chi connectivity index (χ3n) is 25.6. The van der Waals surface area contributed by atoms with Crippen molar-refractivity contribution in [1.29, 1.82) is 0 Å². The van der Waals surface area contributed by atoms with Crippen LogP contribution in [-0.2, 0) is 73.7 Å². The monoisotopic (exact) mass is 2050 g/mol. The van der Waals surface area contributed by atoms with Gasteiger partial charge in [-0.05, 0) is 232 Å². The van der Waals surface area contributed by atoms with Crippen LogP contribution in [0.3, 0.4) is 0 Å². The molecule has 1 fully saturated rings. The number of hydrogen-bond donors (Lipinski definition) is 2. The molecule has 1 aliphatic heterocycles. The number of aromatic nitrogens is 6. The molecule has 0 radical (unpaired) electrons. The second-order valence-electron chi connectivity index (χ2n) is 42.6. The number of pyridine rings is 2. The molecule has 0 spiro atoms. The van der Waals surface area contributed by atoms with Crippen molar-refractivity contribution in [1.82, 2.24) is 29.1 Å². The van der Waals surface area contributed by atoms with Gasteiger partial charge in [-0.25, -0.2) is 9.97 Å². The van der Waals surface area contributed by atoms with E-state index in [4.69, 9.17) is 44.0 Å². The van der Waals surface area contributed by atoms with Gasteiger partial charge in [0.1, 0.15) is 28.7 Å². The molecule has 12 aromatic carbocycles. The van der Waals surface area contributed by atoms with Gasteiger partial charge >= 0.3 is 7.12 Å². The van der Waals surface area contributed by atoms with Gasteiger partial charge < -0.3 is 19.5 Å². The van der Waals surface area contributed by atoms with Crippen molar-refractivity contribution in [2.45, 2.75) is 248 Å². The number of benzene rings is 12. The van der Waals surface area contributed by atoms with E-state index >= 15 is 0 Å². The number of phenolic OH excluding ortho intramolecular Hbond substituents is 2. The number of halogens is 1. The molecule has 0 saturated carbocycles. The Balaban J connectivity index is 0.000000192. The predicted octanol–water partition coefficient (Wildman–Crippen LogP) is 32.2. The summed E-state index contributed by atoms with van der Waals surface area (Å²) < 4.78 is 171. The van der Waals surface area contributed by atoms with Crippen molar-refractivity contribution in [3.63, 3.8) is 0 Å². The molecule has 696 valence electrons. The van der Waals surface area contributed by atoms with Crippen LogP contribution in [-0.4, -0.2) is 57.6 Å². The van der Waals surface area contributed by atoms with Gasteiger partial charge in [-0.15, -0.1) is 29.3 Å². The summed E-state index contributed by atoms with van der Waals surface area (Å²) in [5.41, 5.74) is 11.4. The van der Waals surface area contributed by atoms with Crippen LogP contribution in [0, 0.1) is 6.07 Å². The summed E-state index contributed by atoms with van der Waals surface area (Å²) in [4.78, 5) is 19.8. The normalized spacial score (nSPS) is 16.2. The zero-order valence-corrected chi connectivity index (χ0v) is 85.2. The van der Waals surface area contributed by atoms with Crippen LogP contribution in [0.15, 0.2) is 290 Å². The van der Waals surface area contributed by atoms with Crippen molar-refractivity contribution in [3.8, 4) is 124 Å². The number of rotatable bonds is 12. The average Bonchev–Trinajstić information content (AvgIpc) is 0.913. The smallest absolute Gasteiger partial charge is 0.494 e. The van der Waals surface area contributed by atoms with Crippen LogP contribution in [0.2, 0.25) is 0 Å². The Morgan fingerprint density at radius 2 is 0.711 bits per heavy atom. The first-order chi connectivity index (χ1) is 70.2.